The predicted molar refractivity (Wildman–Crippen MR) is 142 cm³/mol. The maximum atomic E-state index is 12.6. The van der Waals surface area contributed by atoms with Crippen molar-refractivity contribution in [1.29, 1.82) is 0 Å². The number of amides is 1. The number of anilines is 1. The summed E-state index contributed by atoms with van der Waals surface area (Å²) in [6, 6.07) is 8.30. The highest BCUT2D eigenvalue weighted by atomic mass is 16.7. The van der Waals surface area contributed by atoms with Crippen LogP contribution in [0.2, 0.25) is 0 Å². The second-order valence-corrected chi connectivity index (χ2v) is 11.1. The lowest BCUT2D eigenvalue weighted by Crippen LogP contribution is -2.45. The van der Waals surface area contributed by atoms with Crippen LogP contribution in [0.15, 0.2) is 41.9 Å². The normalized spacial score (nSPS) is 21.9. The number of oxime groups is 1. The Bertz CT molecular complexity index is 1330. The molecule has 0 aliphatic carbocycles. The fourth-order valence-electron chi connectivity index (χ4n) is 4.76. The molecule has 0 bridgehead atoms. The Morgan fingerprint density at radius 2 is 1.95 bits per heavy atom. The van der Waals surface area contributed by atoms with Crippen LogP contribution in [0.25, 0.3) is 16.8 Å². The van der Waals surface area contributed by atoms with Crippen molar-refractivity contribution in [2.24, 2.45) is 10.6 Å². The molecule has 0 radical (unpaired) electrons. The number of carbonyl (C=O) groups is 1. The van der Waals surface area contributed by atoms with E-state index in [0.717, 1.165) is 46.7 Å². The maximum Gasteiger partial charge on any atom is 0.290 e. The molecule has 1 aromatic carbocycles. The van der Waals surface area contributed by atoms with Crippen LogP contribution in [0, 0.1) is 12.3 Å². The largest absolute Gasteiger partial charge is 0.372 e. The molecule has 2 aliphatic heterocycles. The summed E-state index contributed by atoms with van der Waals surface area (Å²) in [4.78, 5) is 24.9. The molecule has 2 N–H and O–H groups in total. The molecule has 1 saturated heterocycles. The number of nitrogens with zero attached hydrogens (tertiary/aromatic N) is 5. The molecule has 3 unspecified atom stereocenters. The highest BCUT2D eigenvalue weighted by Crippen LogP contribution is 2.29. The number of fused-ring (bicyclic) bond motifs is 1. The van der Waals surface area contributed by atoms with E-state index in [9.17, 15) is 4.79 Å². The molecule has 10 nitrogen and oxygen atoms in total. The number of morpholine rings is 1. The highest BCUT2D eigenvalue weighted by molar-refractivity contribution is 6.38. The lowest BCUT2D eigenvalue weighted by molar-refractivity contribution is -0.115. The van der Waals surface area contributed by atoms with Gasteiger partial charge in [-0.05, 0) is 44.0 Å². The quantitative estimate of drug-likeness (QED) is 0.548. The Balaban J connectivity index is 1.30. The first-order valence-corrected chi connectivity index (χ1v) is 12.7. The van der Waals surface area contributed by atoms with Crippen LogP contribution < -0.4 is 15.5 Å². The molecule has 2 aromatic heterocycles. The van der Waals surface area contributed by atoms with E-state index in [4.69, 9.17) is 9.57 Å². The molecular formula is C27H35N7O3. The van der Waals surface area contributed by atoms with E-state index in [1.54, 1.807) is 6.33 Å². The van der Waals surface area contributed by atoms with Crippen molar-refractivity contribution in [3.8, 4) is 11.3 Å². The van der Waals surface area contributed by atoms with E-state index >= 15 is 0 Å². The van der Waals surface area contributed by atoms with Crippen LogP contribution in [0.5, 0.6) is 0 Å². The van der Waals surface area contributed by atoms with Gasteiger partial charge in [-0.2, -0.15) is 5.10 Å². The van der Waals surface area contributed by atoms with Gasteiger partial charge in [-0.25, -0.2) is 9.50 Å². The van der Waals surface area contributed by atoms with Gasteiger partial charge in [0.25, 0.3) is 5.91 Å². The Hall–Kier alpha value is -3.66. The smallest absolute Gasteiger partial charge is 0.290 e. The lowest BCUT2D eigenvalue weighted by Gasteiger charge is -2.36. The summed E-state index contributed by atoms with van der Waals surface area (Å²) >= 11 is 0. The molecule has 196 valence electrons. The molecule has 0 saturated carbocycles. The predicted octanol–water partition coefficient (Wildman–Crippen LogP) is 3.24. The van der Waals surface area contributed by atoms with Gasteiger partial charge in [0.05, 0.1) is 35.3 Å². The Morgan fingerprint density at radius 1 is 1.19 bits per heavy atom. The van der Waals surface area contributed by atoms with Crippen LogP contribution in [0.4, 0.5) is 5.69 Å². The molecule has 1 fully saturated rings. The number of hydrogen-bond acceptors (Lipinski definition) is 8. The molecule has 0 spiro atoms. The van der Waals surface area contributed by atoms with Crippen molar-refractivity contribution in [1.82, 2.24) is 25.2 Å². The van der Waals surface area contributed by atoms with Gasteiger partial charge >= 0.3 is 0 Å². The minimum atomic E-state index is -0.330. The fourth-order valence-corrected chi connectivity index (χ4v) is 4.76. The van der Waals surface area contributed by atoms with Crippen LogP contribution in [-0.2, 0) is 20.9 Å². The standard InChI is InChI=1S/C27H35N7O3/c1-16-9-19(7-8-20(16)11-28-25(35)24-31-26(37-32-24)27(4,5)6)23-22-10-21(14-34(22)30-15-29-23)33-12-17(2)36-18(3)13-33/h7-10,14-15,17-18,26H,11-13H2,1-6H3,(H,28,35)(H,31,32). The monoisotopic (exact) mass is 505 g/mol. The zero-order chi connectivity index (χ0) is 26.3. The Kier molecular flexibility index (Phi) is 6.53. The average molecular weight is 506 g/mol. The lowest BCUT2D eigenvalue weighted by atomic mass is 9.94. The molecule has 3 aromatic rings. The average Bonchev–Trinajstić information content (AvgIpc) is 3.50. The Labute approximate surface area is 217 Å². The molecule has 5 rings (SSSR count). The third-order valence-electron chi connectivity index (χ3n) is 6.75. The summed E-state index contributed by atoms with van der Waals surface area (Å²) in [5.74, 6) is -0.0918. The number of hydrogen-bond donors (Lipinski definition) is 2. The maximum absolute atomic E-state index is 12.6. The summed E-state index contributed by atoms with van der Waals surface area (Å²) < 4.78 is 7.78. The second kappa shape index (κ2) is 9.66. The number of nitrogens with one attached hydrogen (secondary N) is 2. The molecule has 37 heavy (non-hydrogen) atoms. The van der Waals surface area contributed by atoms with Gasteiger partial charge in [0.2, 0.25) is 12.1 Å². The number of rotatable bonds is 5. The van der Waals surface area contributed by atoms with Gasteiger partial charge in [-0.15, -0.1) is 0 Å². The summed E-state index contributed by atoms with van der Waals surface area (Å²) in [7, 11) is 0. The first-order chi connectivity index (χ1) is 17.6. The minimum absolute atomic E-state index is 0.176. The minimum Gasteiger partial charge on any atom is -0.372 e. The van der Waals surface area contributed by atoms with Crippen molar-refractivity contribution in [2.45, 2.75) is 66.5 Å². The Morgan fingerprint density at radius 3 is 2.62 bits per heavy atom. The summed E-state index contributed by atoms with van der Waals surface area (Å²) in [6.07, 6.45) is 3.66. The number of amidine groups is 1. The first kappa shape index (κ1) is 25.0. The zero-order valence-electron chi connectivity index (χ0n) is 22.3. The van der Waals surface area contributed by atoms with Crippen molar-refractivity contribution >= 4 is 22.9 Å². The number of aryl methyl sites for hydroxylation is 1. The van der Waals surface area contributed by atoms with E-state index < -0.39 is 0 Å². The van der Waals surface area contributed by atoms with E-state index in [-0.39, 0.29) is 35.6 Å². The molecule has 2 aliphatic rings. The first-order valence-electron chi connectivity index (χ1n) is 12.7. The molecule has 3 atom stereocenters. The van der Waals surface area contributed by atoms with Crippen molar-refractivity contribution in [3.05, 3.63) is 47.9 Å². The van der Waals surface area contributed by atoms with E-state index in [1.807, 2.05) is 44.3 Å². The third kappa shape index (κ3) is 5.24. The fraction of sp³-hybridized carbons (Fsp3) is 0.481. The van der Waals surface area contributed by atoms with Crippen LogP contribution >= 0.6 is 0 Å². The highest BCUT2D eigenvalue weighted by Gasteiger charge is 2.34. The van der Waals surface area contributed by atoms with Gasteiger partial charge in [-0.3, -0.25) is 4.79 Å². The van der Waals surface area contributed by atoms with Gasteiger partial charge < -0.3 is 25.1 Å². The third-order valence-corrected chi connectivity index (χ3v) is 6.75. The summed E-state index contributed by atoms with van der Waals surface area (Å²) in [5.41, 5.74) is 5.82. The van der Waals surface area contributed by atoms with Gasteiger partial charge in [0.1, 0.15) is 6.33 Å². The number of ether oxygens (including phenoxy) is 1. The van der Waals surface area contributed by atoms with E-state index in [2.05, 4.69) is 62.9 Å². The zero-order valence-corrected chi connectivity index (χ0v) is 22.3. The van der Waals surface area contributed by atoms with E-state index in [0.29, 0.717) is 6.54 Å². The topological polar surface area (TPSA) is 105 Å². The molecular weight excluding hydrogens is 470 g/mol. The molecule has 1 amide bonds. The van der Waals surface area contributed by atoms with Gasteiger partial charge in [0, 0.05) is 30.6 Å². The molecule has 4 heterocycles. The van der Waals surface area contributed by atoms with Crippen LogP contribution in [-0.4, -0.2) is 57.9 Å². The van der Waals surface area contributed by atoms with Crippen molar-refractivity contribution < 1.29 is 14.4 Å². The SMILES string of the molecule is Cc1cc(-c2ncnn3cc(N4CC(C)OC(C)C4)cc23)ccc1CNC(=O)C1=NOC(C(C)(C)C)N1. The van der Waals surface area contributed by atoms with Gasteiger partial charge in [0.15, 0.2) is 0 Å². The van der Waals surface area contributed by atoms with Crippen molar-refractivity contribution in [3.63, 3.8) is 0 Å². The number of carbonyl (C=O) groups excluding carboxylic acids is 1. The second-order valence-electron chi connectivity index (χ2n) is 11.1. The number of benzene rings is 1. The van der Waals surface area contributed by atoms with Crippen LogP contribution in [0.3, 0.4) is 0 Å². The van der Waals surface area contributed by atoms with Gasteiger partial charge in [-0.1, -0.05) is 38.1 Å². The summed E-state index contributed by atoms with van der Waals surface area (Å²) in [6.45, 7) is 14.4. The van der Waals surface area contributed by atoms with Crippen molar-refractivity contribution in [2.75, 3.05) is 18.0 Å². The number of aromatic nitrogens is 3. The van der Waals surface area contributed by atoms with Crippen LogP contribution in [0.1, 0.15) is 45.7 Å². The van der Waals surface area contributed by atoms with E-state index in [1.165, 1.54) is 0 Å². The summed E-state index contributed by atoms with van der Waals surface area (Å²) in [5, 5.41) is 14.3. The molecule has 10 heteroatoms.